The highest BCUT2D eigenvalue weighted by Gasteiger charge is 2.03. The highest BCUT2D eigenvalue weighted by atomic mass is 32.2. The van der Waals surface area contributed by atoms with Crippen molar-refractivity contribution in [1.82, 2.24) is 0 Å². The van der Waals surface area contributed by atoms with Crippen molar-refractivity contribution in [2.75, 3.05) is 5.75 Å². The zero-order valence-corrected chi connectivity index (χ0v) is 10.1. The minimum absolute atomic E-state index is 0.190. The molecule has 0 fully saturated rings. The van der Waals surface area contributed by atoms with Crippen molar-refractivity contribution in [2.45, 2.75) is 30.6 Å². The van der Waals surface area contributed by atoms with Crippen LogP contribution in [-0.2, 0) is 4.79 Å². The highest BCUT2D eigenvalue weighted by Crippen LogP contribution is 2.21. The van der Waals surface area contributed by atoms with Gasteiger partial charge in [-0.15, -0.1) is 11.8 Å². The molecular weight excluding hydrogens is 246 g/mol. The van der Waals surface area contributed by atoms with E-state index in [0.29, 0.717) is 11.3 Å². The van der Waals surface area contributed by atoms with Crippen molar-refractivity contribution in [3.63, 3.8) is 0 Å². The fraction of sp³-hybridized carbons (Fsp3) is 0.417. The van der Waals surface area contributed by atoms with Gasteiger partial charge >= 0.3 is 5.97 Å². The van der Waals surface area contributed by atoms with Crippen LogP contribution in [0.4, 0.5) is 8.78 Å². The Morgan fingerprint density at radius 3 is 2.59 bits per heavy atom. The van der Waals surface area contributed by atoms with Crippen LogP contribution in [-0.4, -0.2) is 16.8 Å². The number of hydrogen-bond donors (Lipinski definition) is 1. The topological polar surface area (TPSA) is 37.3 Å². The van der Waals surface area contributed by atoms with Crippen LogP contribution in [0.1, 0.15) is 25.7 Å². The summed E-state index contributed by atoms with van der Waals surface area (Å²) in [5, 5.41) is 8.42. The molecule has 0 saturated heterocycles. The minimum atomic E-state index is -0.837. The smallest absolute Gasteiger partial charge is 0.303 e. The maximum atomic E-state index is 12.8. The Balaban J connectivity index is 2.18. The second-order valence-corrected chi connectivity index (χ2v) is 4.80. The Morgan fingerprint density at radius 2 is 1.94 bits per heavy atom. The van der Waals surface area contributed by atoms with Gasteiger partial charge in [0.1, 0.15) is 0 Å². The standard InChI is InChI=1S/C12H14F2O2S/c13-10-6-5-9(8-11(10)14)17-7-3-1-2-4-12(15)16/h5-6,8H,1-4,7H2,(H,15,16). The number of unbranched alkanes of at least 4 members (excludes halogenated alkanes) is 2. The van der Waals surface area contributed by atoms with Crippen molar-refractivity contribution >= 4 is 17.7 Å². The molecule has 94 valence electrons. The van der Waals surface area contributed by atoms with Gasteiger partial charge in [0.25, 0.3) is 0 Å². The zero-order chi connectivity index (χ0) is 12.7. The van der Waals surface area contributed by atoms with Gasteiger partial charge < -0.3 is 5.11 Å². The average Bonchev–Trinajstić information content (AvgIpc) is 2.27. The maximum absolute atomic E-state index is 12.8. The number of hydrogen-bond acceptors (Lipinski definition) is 2. The van der Waals surface area contributed by atoms with Crippen molar-refractivity contribution in [3.8, 4) is 0 Å². The fourth-order valence-electron chi connectivity index (χ4n) is 1.31. The predicted octanol–water partition coefficient (Wildman–Crippen LogP) is 3.70. The van der Waals surface area contributed by atoms with Crippen molar-refractivity contribution in [3.05, 3.63) is 29.8 Å². The molecule has 0 amide bonds. The molecular formula is C12H14F2O2S. The third-order valence-corrected chi connectivity index (χ3v) is 3.27. The van der Waals surface area contributed by atoms with E-state index in [9.17, 15) is 13.6 Å². The molecule has 1 rings (SSSR count). The van der Waals surface area contributed by atoms with Crippen molar-refractivity contribution in [1.29, 1.82) is 0 Å². The first-order valence-corrected chi connectivity index (χ1v) is 6.38. The number of carboxylic acids is 1. The highest BCUT2D eigenvalue weighted by molar-refractivity contribution is 7.99. The van der Waals surface area contributed by atoms with Crippen LogP contribution in [0.15, 0.2) is 23.1 Å². The Bertz CT molecular complexity index is 383. The lowest BCUT2D eigenvalue weighted by atomic mass is 10.2. The summed E-state index contributed by atoms with van der Waals surface area (Å²) in [6, 6.07) is 3.83. The van der Waals surface area contributed by atoms with Gasteiger partial charge in [0.05, 0.1) is 0 Å². The Kier molecular flexibility index (Phi) is 5.97. The van der Waals surface area contributed by atoms with Gasteiger partial charge in [-0.1, -0.05) is 6.42 Å². The predicted molar refractivity (Wildman–Crippen MR) is 63.2 cm³/mol. The zero-order valence-electron chi connectivity index (χ0n) is 9.29. The molecule has 1 N–H and O–H groups in total. The number of carbonyl (C=O) groups is 1. The molecule has 0 unspecified atom stereocenters. The normalized spacial score (nSPS) is 10.5. The summed E-state index contributed by atoms with van der Waals surface area (Å²) in [5.41, 5.74) is 0. The molecule has 17 heavy (non-hydrogen) atoms. The molecule has 0 aliphatic heterocycles. The summed E-state index contributed by atoms with van der Waals surface area (Å²) < 4.78 is 25.5. The molecule has 0 atom stereocenters. The second-order valence-electron chi connectivity index (χ2n) is 3.63. The first-order valence-electron chi connectivity index (χ1n) is 5.39. The van der Waals surface area contributed by atoms with E-state index in [1.54, 1.807) is 6.07 Å². The van der Waals surface area contributed by atoms with Crippen LogP contribution in [0.2, 0.25) is 0 Å². The van der Waals surface area contributed by atoms with E-state index in [2.05, 4.69) is 0 Å². The molecule has 1 aromatic rings. The van der Waals surface area contributed by atoms with E-state index in [1.807, 2.05) is 0 Å². The van der Waals surface area contributed by atoms with Gasteiger partial charge in [-0.05, 0) is 36.8 Å². The average molecular weight is 260 g/mol. The lowest BCUT2D eigenvalue weighted by molar-refractivity contribution is -0.137. The SMILES string of the molecule is O=C(O)CCCCCSc1ccc(F)c(F)c1. The minimum Gasteiger partial charge on any atom is -0.481 e. The van der Waals surface area contributed by atoms with Crippen LogP contribution in [0, 0.1) is 11.6 Å². The molecule has 0 radical (unpaired) electrons. The Morgan fingerprint density at radius 1 is 1.18 bits per heavy atom. The summed E-state index contributed by atoms with van der Waals surface area (Å²) in [4.78, 5) is 10.9. The van der Waals surface area contributed by atoms with Crippen LogP contribution in [0.25, 0.3) is 0 Å². The lowest BCUT2D eigenvalue weighted by Gasteiger charge is -2.02. The molecule has 0 spiro atoms. The molecule has 5 heteroatoms. The number of aliphatic carboxylic acids is 1. The summed E-state index contributed by atoms with van der Waals surface area (Å²) in [5.74, 6) is -1.67. The first kappa shape index (κ1) is 14.0. The number of rotatable bonds is 7. The largest absolute Gasteiger partial charge is 0.481 e. The van der Waals surface area contributed by atoms with Crippen molar-refractivity contribution < 1.29 is 18.7 Å². The summed E-state index contributed by atoms with van der Waals surface area (Å²) in [7, 11) is 0. The molecule has 0 saturated carbocycles. The van der Waals surface area contributed by atoms with Crippen LogP contribution < -0.4 is 0 Å². The second kappa shape index (κ2) is 7.27. The summed E-state index contributed by atoms with van der Waals surface area (Å²) in [6.45, 7) is 0. The van der Waals surface area contributed by atoms with E-state index < -0.39 is 17.6 Å². The third kappa shape index (κ3) is 5.68. The molecule has 0 aliphatic rings. The van der Waals surface area contributed by atoms with E-state index in [1.165, 1.54) is 17.8 Å². The quantitative estimate of drug-likeness (QED) is 0.600. The molecule has 2 nitrogen and oxygen atoms in total. The van der Waals surface area contributed by atoms with Gasteiger partial charge in [0, 0.05) is 11.3 Å². The molecule has 0 bridgehead atoms. The van der Waals surface area contributed by atoms with E-state index >= 15 is 0 Å². The van der Waals surface area contributed by atoms with Crippen molar-refractivity contribution in [2.24, 2.45) is 0 Å². The van der Waals surface area contributed by atoms with Crippen LogP contribution in [0.5, 0.6) is 0 Å². The Hall–Kier alpha value is -1.10. The lowest BCUT2D eigenvalue weighted by Crippen LogP contribution is -1.93. The van der Waals surface area contributed by atoms with E-state index in [-0.39, 0.29) is 6.42 Å². The van der Waals surface area contributed by atoms with Gasteiger partial charge in [-0.25, -0.2) is 8.78 Å². The van der Waals surface area contributed by atoms with Crippen LogP contribution in [0.3, 0.4) is 0 Å². The monoisotopic (exact) mass is 260 g/mol. The molecule has 1 aromatic carbocycles. The number of benzene rings is 1. The summed E-state index contributed by atoms with van der Waals surface area (Å²) in [6.07, 6.45) is 2.56. The van der Waals surface area contributed by atoms with E-state index in [4.69, 9.17) is 5.11 Å². The maximum Gasteiger partial charge on any atom is 0.303 e. The fourth-order valence-corrected chi connectivity index (χ4v) is 2.25. The van der Waals surface area contributed by atoms with Gasteiger partial charge in [0.15, 0.2) is 11.6 Å². The summed E-state index contributed by atoms with van der Waals surface area (Å²) >= 11 is 1.45. The van der Waals surface area contributed by atoms with Crippen LogP contribution >= 0.6 is 11.8 Å². The molecule has 0 heterocycles. The van der Waals surface area contributed by atoms with Gasteiger partial charge in [-0.3, -0.25) is 4.79 Å². The number of halogens is 2. The van der Waals surface area contributed by atoms with Gasteiger partial charge in [0.2, 0.25) is 0 Å². The number of thioether (sulfide) groups is 1. The Labute approximate surface area is 103 Å². The number of carboxylic acid groups (broad SMARTS) is 1. The molecule has 0 aliphatic carbocycles. The van der Waals surface area contributed by atoms with Gasteiger partial charge in [-0.2, -0.15) is 0 Å². The van der Waals surface area contributed by atoms with E-state index in [0.717, 1.165) is 24.7 Å². The molecule has 0 aromatic heterocycles. The third-order valence-electron chi connectivity index (χ3n) is 2.19. The first-order chi connectivity index (χ1) is 8.09.